The van der Waals surface area contributed by atoms with Crippen molar-refractivity contribution in [1.82, 2.24) is 0 Å². The SMILES string of the molecule is CCS/C(=C\OCc1ccc(OC)cc1)O[Si](C)(C)C. The first-order chi connectivity index (χ1) is 9.44. The van der Waals surface area contributed by atoms with E-state index in [0.717, 1.165) is 22.2 Å². The van der Waals surface area contributed by atoms with Gasteiger partial charge in [-0.25, -0.2) is 0 Å². The number of hydrogen-bond donors (Lipinski definition) is 0. The molecule has 0 fully saturated rings. The fourth-order valence-electron chi connectivity index (χ4n) is 1.46. The zero-order valence-electron chi connectivity index (χ0n) is 12.9. The molecule has 5 heteroatoms. The van der Waals surface area contributed by atoms with Gasteiger partial charge in [0, 0.05) is 0 Å². The van der Waals surface area contributed by atoms with E-state index < -0.39 is 8.32 Å². The van der Waals surface area contributed by atoms with Gasteiger partial charge in [-0.05, 0) is 43.1 Å². The Morgan fingerprint density at radius 2 is 1.85 bits per heavy atom. The number of rotatable bonds is 8. The van der Waals surface area contributed by atoms with Gasteiger partial charge in [0.05, 0.1) is 7.11 Å². The minimum Gasteiger partial charge on any atom is -0.538 e. The summed E-state index contributed by atoms with van der Waals surface area (Å²) in [6, 6.07) is 7.86. The van der Waals surface area contributed by atoms with Gasteiger partial charge in [0.1, 0.15) is 18.6 Å². The minimum absolute atomic E-state index is 0.535. The van der Waals surface area contributed by atoms with Crippen LogP contribution in [0.5, 0.6) is 5.75 Å². The molecule has 0 amide bonds. The molecule has 0 bridgehead atoms. The van der Waals surface area contributed by atoms with Crippen LogP contribution in [-0.2, 0) is 15.8 Å². The molecule has 1 aromatic carbocycles. The minimum atomic E-state index is -1.58. The third-order valence-corrected chi connectivity index (χ3v) is 4.01. The molecule has 112 valence electrons. The van der Waals surface area contributed by atoms with Gasteiger partial charge in [-0.1, -0.05) is 30.8 Å². The highest BCUT2D eigenvalue weighted by atomic mass is 32.2. The molecular formula is C15H24O3SSi. The third kappa shape index (κ3) is 6.91. The molecule has 1 aromatic rings. The van der Waals surface area contributed by atoms with Crippen molar-refractivity contribution in [3.05, 3.63) is 41.2 Å². The van der Waals surface area contributed by atoms with Crippen LogP contribution in [0.2, 0.25) is 19.6 Å². The second-order valence-corrected chi connectivity index (χ2v) is 10.9. The Kier molecular flexibility index (Phi) is 7.02. The second kappa shape index (κ2) is 8.27. The predicted molar refractivity (Wildman–Crippen MR) is 88.4 cm³/mol. The molecule has 0 aliphatic rings. The lowest BCUT2D eigenvalue weighted by atomic mass is 10.2. The Bertz CT molecular complexity index is 424. The summed E-state index contributed by atoms with van der Waals surface area (Å²) in [5.41, 5.74) is 1.11. The smallest absolute Gasteiger partial charge is 0.243 e. The second-order valence-electron chi connectivity index (χ2n) is 5.24. The van der Waals surface area contributed by atoms with E-state index in [-0.39, 0.29) is 0 Å². The molecule has 0 N–H and O–H groups in total. The summed E-state index contributed by atoms with van der Waals surface area (Å²) in [4.78, 5) is 0. The van der Waals surface area contributed by atoms with Gasteiger partial charge >= 0.3 is 0 Å². The van der Waals surface area contributed by atoms with Crippen LogP contribution >= 0.6 is 11.8 Å². The maximum atomic E-state index is 5.97. The number of methoxy groups -OCH3 is 1. The summed E-state index contributed by atoms with van der Waals surface area (Å²) in [7, 11) is 0.0781. The molecule has 0 aromatic heterocycles. The summed E-state index contributed by atoms with van der Waals surface area (Å²) < 4.78 is 16.7. The van der Waals surface area contributed by atoms with Crippen LogP contribution < -0.4 is 4.74 Å². The summed E-state index contributed by atoms with van der Waals surface area (Å²) >= 11 is 1.67. The van der Waals surface area contributed by atoms with E-state index in [4.69, 9.17) is 13.9 Å². The van der Waals surface area contributed by atoms with Gasteiger partial charge in [-0.15, -0.1) is 0 Å². The van der Waals surface area contributed by atoms with Crippen molar-refractivity contribution in [1.29, 1.82) is 0 Å². The standard InChI is InChI=1S/C15H24O3SSi/c1-6-19-15(18-20(3,4)5)12-17-11-13-7-9-14(16-2)10-8-13/h7-10,12H,6,11H2,1-5H3/b15-12-. The molecule has 20 heavy (non-hydrogen) atoms. The highest BCUT2D eigenvalue weighted by molar-refractivity contribution is 8.02. The maximum Gasteiger partial charge on any atom is 0.243 e. The molecule has 0 spiro atoms. The number of hydrogen-bond acceptors (Lipinski definition) is 4. The van der Waals surface area contributed by atoms with Crippen molar-refractivity contribution in [3.63, 3.8) is 0 Å². The quantitative estimate of drug-likeness (QED) is 0.517. The van der Waals surface area contributed by atoms with Crippen molar-refractivity contribution in [2.45, 2.75) is 33.2 Å². The van der Waals surface area contributed by atoms with Crippen molar-refractivity contribution < 1.29 is 13.9 Å². The van der Waals surface area contributed by atoms with Crippen LogP contribution in [0.1, 0.15) is 12.5 Å². The Morgan fingerprint density at radius 3 is 2.35 bits per heavy atom. The average Bonchev–Trinajstić information content (AvgIpc) is 2.38. The first-order valence-electron chi connectivity index (χ1n) is 6.71. The molecule has 0 aliphatic heterocycles. The molecule has 0 saturated carbocycles. The van der Waals surface area contributed by atoms with Crippen molar-refractivity contribution in [3.8, 4) is 5.75 Å². The Labute approximate surface area is 127 Å². The van der Waals surface area contributed by atoms with Gasteiger partial charge in [-0.3, -0.25) is 0 Å². The van der Waals surface area contributed by atoms with E-state index in [9.17, 15) is 0 Å². The first-order valence-corrected chi connectivity index (χ1v) is 11.1. The molecule has 0 radical (unpaired) electrons. The lowest BCUT2D eigenvalue weighted by molar-refractivity contribution is 0.225. The first kappa shape index (κ1) is 17.0. The van der Waals surface area contributed by atoms with Crippen LogP contribution in [-0.4, -0.2) is 21.2 Å². The van der Waals surface area contributed by atoms with Crippen molar-refractivity contribution in [2.24, 2.45) is 0 Å². The molecule has 0 heterocycles. The van der Waals surface area contributed by atoms with E-state index in [1.54, 1.807) is 25.1 Å². The highest BCUT2D eigenvalue weighted by Crippen LogP contribution is 2.22. The Morgan fingerprint density at radius 1 is 1.20 bits per heavy atom. The third-order valence-electron chi connectivity index (χ3n) is 2.28. The summed E-state index contributed by atoms with van der Waals surface area (Å²) in [5.74, 6) is 1.83. The van der Waals surface area contributed by atoms with E-state index in [1.165, 1.54) is 0 Å². The molecule has 1 rings (SSSR count). The zero-order valence-corrected chi connectivity index (χ0v) is 14.8. The van der Waals surface area contributed by atoms with Crippen molar-refractivity contribution >= 4 is 20.1 Å². The molecule has 0 unspecified atom stereocenters. The average molecular weight is 313 g/mol. The largest absolute Gasteiger partial charge is 0.538 e. The van der Waals surface area contributed by atoms with E-state index >= 15 is 0 Å². The molecule has 0 aliphatic carbocycles. The van der Waals surface area contributed by atoms with Gasteiger partial charge in [0.25, 0.3) is 0 Å². The van der Waals surface area contributed by atoms with Crippen LogP contribution in [0.15, 0.2) is 35.6 Å². The van der Waals surface area contributed by atoms with Gasteiger partial charge in [-0.2, -0.15) is 0 Å². The fourth-order valence-corrected chi connectivity index (χ4v) is 3.52. The lowest BCUT2D eigenvalue weighted by Gasteiger charge is -2.20. The number of ether oxygens (including phenoxy) is 2. The van der Waals surface area contributed by atoms with Gasteiger partial charge in [0.2, 0.25) is 8.32 Å². The van der Waals surface area contributed by atoms with E-state index in [1.807, 2.05) is 24.3 Å². The molecule has 0 atom stereocenters. The van der Waals surface area contributed by atoms with Crippen molar-refractivity contribution in [2.75, 3.05) is 12.9 Å². The number of thioether (sulfide) groups is 1. The maximum absolute atomic E-state index is 5.97. The number of benzene rings is 1. The van der Waals surface area contributed by atoms with Crippen LogP contribution in [0.25, 0.3) is 0 Å². The Balaban J connectivity index is 2.54. The summed E-state index contributed by atoms with van der Waals surface area (Å²) in [5, 5.41) is 0.875. The van der Waals surface area contributed by atoms with Crippen LogP contribution in [0.4, 0.5) is 0 Å². The molecular weight excluding hydrogens is 288 g/mol. The Hall–Kier alpha value is -1.07. The molecule has 0 saturated heterocycles. The van der Waals surface area contributed by atoms with E-state index in [2.05, 4.69) is 26.6 Å². The summed E-state index contributed by atoms with van der Waals surface area (Å²) in [6.45, 7) is 9.14. The summed E-state index contributed by atoms with van der Waals surface area (Å²) in [6.07, 6.45) is 1.73. The van der Waals surface area contributed by atoms with Crippen LogP contribution in [0, 0.1) is 0 Å². The zero-order chi connectivity index (χ0) is 15.0. The topological polar surface area (TPSA) is 27.7 Å². The fraction of sp³-hybridized carbons (Fsp3) is 0.467. The highest BCUT2D eigenvalue weighted by Gasteiger charge is 2.17. The molecule has 3 nitrogen and oxygen atoms in total. The monoisotopic (exact) mass is 312 g/mol. The van der Waals surface area contributed by atoms with Gasteiger partial charge < -0.3 is 13.9 Å². The normalized spacial score (nSPS) is 12.2. The van der Waals surface area contributed by atoms with Crippen LogP contribution in [0.3, 0.4) is 0 Å². The van der Waals surface area contributed by atoms with Gasteiger partial charge in [0.15, 0.2) is 5.09 Å². The van der Waals surface area contributed by atoms with E-state index in [0.29, 0.717) is 6.61 Å². The predicted octanol–water partition coefficient (Wildman–Crippen LogP) is 4.62. The lowest BCUT2D eigenvalue weighted by Crippen LogP contribution is -2.24.